The number of amides is 3. The van der Waals surface area contributed by atoms with E-state index in [1.807, 2.05) is 68.4 Å². The van der Waals surface area contributed by atoms with Gasteiger partial charge in [-0.05, 0) is 78.8 Å². The molecule has 1 saturated heterocycles. The van der Waals surface area contributed by atoms with Crippen molar-refractivity contribution in [3.05, 3.63) is 107 Å². The minimum atomic E-state index is -1.13. The Morgan fingerprint density at radius 1 is 1.00 bits per heavy atom. The summed E-state index contributed by atoms with van der Waals surface area (Å²) in [6, 6.07) is 18.4. The Balaban J connectivity index is 1.44. The van der Waals surface area contributed by atoms with Crippen LogP contribution in [-0.4, -0.2) is 64.0 Å². The second-order valence-electron chi connectivity index (χ2n) is 13.7. The van der Waals surface area contributed by atoms with E-state index < -0.39 is 47.3 Å². The SMILES string of the molecule is CC(=O)N[C@]1(CC(C)C)CCN([C@@H](CCc2ccccc2)C(=O)N[C@@H](Cc2cc(F)cc(F)c2)[C@H](O)C2Cc3ccccc3CN2)C1=O. The summed E-state index contributed by atoms with van der Waals surface area (Å²) >= 11 is 0. The molecule has 0 radical (unpaired) electrons. The van der Waals surface area contributed by atoms with Gasteiger partial charge in [-0.25, -0.2) is 8.78 Å². The molecule has 0 spiro atoms. The first-order chi connectivity index (χ1) is 22.9. The minimum Gasteiger partial charge on any atom is -0.389 e. The quantitative estimate of drug-likeness (QED) is 0.220. The molecule has 2 aliphatic heterocycles. The van der Waals surface area contributed by atoms with Gasteiger partial charge >= 0.3 is 0 Å². The van der Waals surface area contributed by atoms with E-state index in [1.165, 1.54) is 19.1 Å². The zero-order valence-electron chi connectivity index (χ0n) is 27.8. The van der Waals surface area contributed by atoms with Crippen LogP contribution in [0.5, 0.6) is 0 Å². The molecule has 0 aliphatic carbocycles. The van der Waals surface area contributed by atoms with Crippen molar-refractivity contribution in [3.63, 3.8) is 0 Å². The molecule has 4 N–H and O–H groups in total. The van der Waals surface area contributed by atoms with Crippen LogP contribution in [0.4, 0.5) is 8.78 Å². The number of carbonyl (C=O) groups excluding carboxylic acids is 3. The van der Waals surface area contributed by atoms with E-state index in [1.54, 1.807) is 4.90 Å². The zero-order valence-corrected chi connectivity index (χ0v) is 27.8. The van der Waals surface area contributed by atoms with Crippen LogP contribution in [0.1, 0.15) is 62.3 Å². The summed E-state index contributed by atoms with van der Waals surface area (Å²) in [5.74, 6) is -2.50. The molecular weight excluding hydrogens is 614 g/mol. The molecule has 0 aromatic heterocycles. The van der Waals surface area contributed by atoms with Gasteiger partial charge in [0, 0.05) is 32.1 Å². The lowest BCUT2D eigenvalue weighted by Crippen LogP contribution is -2.60. The molecule has 3 aromatic carbocycles. The molecule has 256 valence electrons. The Bertz CT molecular complexity index is 1580. The van der Waals surface area contributed by atoms with Crippen molar-refractivity contribution in [1.29, 1.82) is 0 Å². The molecular formula is C38H46F2N4O4. The average Bonchev–Trinajstić information content (AvgIpc) is 3.33. The molecule has 3 amide bonds. The van der Waals surface area contributed by atoms with E-state index in [-0.39, 0.29) is 36.3 Å². The van der Waals surface area contributed by atoms with Crippen molar-refractivity contribution >= 4 is 17.7 Å². The van der Waals surface area contributed by atoms with Crippen LogP contribution in [-0.2, 0) is 40.2 Å². The van der Waals surface area contributed by atoms with Gasteiger partial charge in [-0.15, -0.1) is 0 Å². The number of hydrogen-bond acceptors (Lipinski definition) is 5. The van der Waals surface area contributed by atoms with Crippen LogP contribution in [0, 0.1) is 17.6 Å². The molecule has 10 heteroatoms. The largest absolute Gasteiger partial charge is 0.389 e. The number of benzene rings is 3. The van der Waals surface area contributed by atoms with E-state index in [9.17, 15) is 28.3 Å². The van der Waals surface area contributed by atoms with Crippen molar-refractivity contribution in [1.82, 2.24) is 20.9 Å². The van der Waals surface area contributed by atoms with Gasteiger partial charge in [0.1, 0.15) is 23.2 Å². The van der Waals surface area contributed by atoms with Crippen molar-refractivity contribution < 1.29 is 28.3 Å². The number of fused-ring (bicyclic) bond motifs is 1. The molecule has 8 nitrogen and oxygen atoms in total. The number of halogens is 2. The van der Waals surface area contributed by atoms with Crippen molar-refractivity contribution in [2.45, 2.75) is 95.6 Å². The van der Waals surface area contributed by atoms with E-state index in [0.717, 1.165) is 22.8 Å². The second kappa shape index (κ2) is 15.4. The van der Waals surface area contributed by atoms with Gasteiger partial charge in [-0.1, -0.05) is 68.4 Å². The lowest BCUT2D eigenvalue weighted by atomic mass is 9.87. The Labute approximate surface area is 281 Å². The first-order valence-corrected chi connectivity index (χ1v) is 16.8. The lowest BCUT2D eigenvalue weighted by Gasteiger charge is -2.37. The van der Waals surface area contributed by atoms with Crippen molar-refractivity contribution in [3.8, 4) is 0 Å². The van der Waals surface area contributed by atoms with E-state index in [0.29, 0.717) is 38.6 Å². The summed E-state index contributed by atoms with van der Waals surface area (Å²) in [5, 5.41) is 21.1. The third kappa shape index (κ3) is 8.46. The Hall–Kier alpha value is -4.15. The van der Waals surface area contributed by atoms with Crippen LogP contribution in [0.2, 0.25) is 0 Å². The van der Waals surface area contributed by atoms with Crippen LogP contribution in [0.3, 0.4) is 0 Å². The normalized spacial score (nSPS) is 21.0. The highest BCUT2D eigenvalue weighted by molar-refractivity contribution is 5.96. The summed E-state index contributed by atoms with van der Waals surface area (Å²) in [4.78, 5) is 42.4. The molecule has 2 heterocycles. The molecule has 1 unspecified atom stereocenters. The summed E-state index contributed by atoms with van der Waals surface area (Å²) < 4.78 is 28.6. The molecule has 48 heavy (non-hydrogen) atoms. The van der Waals surface area contributed by atoms with Crippen LogP contribution in [0.15, 0.2) is 72.8 Å². The van der Waals surface area contributed by atoms with Gasteiger partial charge in [-0.3, -0.25) is 14.4 Å². The molecule has 3 aromatic rings. The van der Waals surface area contributed by atoms with Gasteiger partial charge < -0.3 is 26.0 Å². The Kier molecular flexibility index (Phi) is 11.3. The van der Waals surface area contributed by atoms with Gasteiger partial charge in [0.05, 0.1) is 12.1 Å². The summed E-state index contributed by atoms with van der Waals surface area (Å²) in [5.41, 5.74) is 2.35. The number of hydrogen-bond donors (Lipinski definition) is 4. The third-order valence-electron chi connectivity index (χ3n) is 9.49. The smallest absolute Gasteiger partial charge is 0.249 e. The number of nitrogens with zero attached hydrogens (tertiary/aromatic N) is 1. The predicted molar refractivity (Wildman–Crippen MR) is 180 cm³/mol. The number of carbonyl (C=O) groups is 3. The zero-order chi connectivity index (χ0) is 34.4. The van der Waals surface area contributed by atoms with E-state index in [4.69, 9.17) is 0 Å². The maximum absolute atomic E-state index is 14.4. The third-order valence-corrected chi connectivity index (χ3v) is 9.49. The van der Waals surface area contributed by atoms with Crippen LogP contribution in [0.25, 0.3) is 0 Å². The van der Waals surface area contributed by atoms with Crippen molar-refractivity contribution in [2.75, 3.05) is 6.54 Å². The highest BCUT2D eigenvalue weighted by atomic mass is 19.1. The monoisotopic (exact) mass is 660 g/mol. The fourth-order valence-electron chi connectivity index (χ4n) is 7.38. The maximum atomic E-state index is 14.4. The Morgan fingerprint density at radius 3 is 2.33 bits per heavy atom. The number of aryl methyl sites for hydroxylation is 1. The Morgan fingerprint density at radius 2 is 1.67 bits per heavy atom. The highest BCUT2D eigenvalue weighted by Gasteiger charge is 2.50. The molecule has 1 fully saturated rings. The number of nitrogens with one attached hydrogen (secondary N) is 3. The van der Waals surface area contributed by atoms with Gasteiger partial charge in [0.15, 0.2) is 0 Å². The lowest BCUT2D eigenvalue weighted by molar-refractivity contribution is -0.143. The van der Waals surface area contributed by atoms with Crippen molar-refractivity contribution in [2.24, 2.45) is 5.92 Å². The summed E-state index contributed by atoms with van der Waals surface area (Å²) in [7, 11) is 0. The number of rotatable bonds is 13. The van der Waals surface area contributed by atoms with Crippen LogP contribution < -0.4 is 16.0 Å². The number of aliphatic hydroxyl groups is 1. The van der Waals surface area contributed by atoms with Crippen LogP contribution >= 0.6 is 0 Å². The standard InChI is InChI=1S/C38H46F2N4O4/c1-24(2)22-38(43-25(3)45)15-16-44(37(38)48)34(14-13-26-9-5-4-6-10-26)36(47)42-33(19-27-17-30(39)21-31(40)18-27)35(46)32-20-28-11-7-8-12-29(28)23-41-32/h4-12,17-18,21,24,32-35,41,46H,13-16,19-20,22-23H2,1-3H3,(H,42,47)(H,43,45)/t32?,33-,34-,35+,38-/m0/s1. The van der Waals surface area contributed by atoms with E-state index >= 15 is 0 Å². The molecule has 2 aliphatic rings. The maximum Gasteiger partial charge on any atom is 0.249 e. The molecule has 0 bridgehead atoms. The fraction of sp³-hybridized carbons (Fsp3) is 0.447. The number of likely N-dealkylation sites (tertiary alicyclic amines) is 1. The highest BCUT2D eigenvalue weighted by Crippen LogP contribution is 2.32. The van der Waals surface area contributed by atoms with E-state index in [2.05, 4.69) is 16.0 Å². The summed E-state index contributed by atoms with van der Waals surface area (Å²) in [6.07, 6.45) is 0.920. The topological polar surface area (TPSA) is 111 Å². The number of aliphatic hydroxyl groups excluding tert-OH is 1. The minimum absolute atomic E-state index is 0.0378. The molecule has 0 saturated carbocycles. The van der Waals surface area contributed by atoms with Gasteiger partial charge in [0.2, 0.25) is 17.7 Å². The predicted octanol–water partition coefficient (Wildman–Crippen LogP) is 4.22. The van der Waals surface area contributed by atoms with Gasteiger partial charge in [0.25, 0.3) is 0 Å². The average molecular weight is 661 g/mol. The summed E-state index contributed by atoms with van der Waals surface area (Å²) in [6.45, 7) is 6.14. The van der Waals surface area contributed by atoms with Gasteiger partial charge in [-0.2, -0.15) is 0 Å². The second-order valence-corrected chi connectivity index (χ2v) is 13.7. The first kappa shape index (κ1) is 35.2. The molecule has 5 atom stereocenters. The fourth-order valence-corrected chi connectivity index (χ4v) is 7.38. The molecule has 5 rings (SSSR count). The first-order valence-electron chi connectivity index (χ1n) is 16.8.